The Morgan fingerprint density at radius 2 is 1.79 bits per heavy atom. The third-order valence-corrected chi connectivity index (χ3v) is 3.80. The number of nitrogens with zero attached hydrogens (tertiary/aromatic N) is 1. The number of anilines is 1. The normalized spacial score (nSPS) is 12.8. The van der Waals surface area contributed by atoms with Crippen molar-refractivity contribution >= 4 is 11.6 Å². The maximum Gasteiger partial charge on any atom is 0.241 e. The van der Waals surface area contributed by atoms with Crippen LogP contribution in [-0.2, 0) is 4.79 Å². The van der Waals surface area contributed by atoms with E-state index in [9.17, 15) is 4.79 Å². The molecule has 0 fully saturated rings. The molecule has 0 saturated carbocycles. The minimum Gasteiger partial charge on any atom is -0.496 e. The number of nitrogens with one attached hydrogen (secondary N) is 2. The first-order valence-corrected chi connectivity index (χ1v) is 7.75. The fourth-order valence-electron chi connectivity index (χ4n) is 2.50. The van der Waals surface area contributed by atoms with Gasteiger partial charge in [-0.15, -0.1) is 0 Å². The highest BCUT2D eigenvalue weighted by atomic mass is 16.5. The van der Waals surface area contributed by atoms with Crippen molar-refractivity contribution < 1.29 is 9.53 Å². The van der Waals surface area contributed by atoms with Crippen LogP contribution < -0.4 is 15.4 Å². The van der Waals surface area contributed by atoms with E-state index in [0.717, 1.165) is 11.3 Å². The van der Waals surface area contributed by atoms with Crippen LogP contribution in [0.4, 0.5) is 5.69 Å². The van der Waals surface area contributed by atoms with Gasteiger partial charge in [0.1, 0.15) is 11.8 Å². The maximum absolute atomic E-state index is 12.4. The van der Waals surface area contributed by atoms with Gasteiger partial charge in [-0.1, -0.05) is 30.3 Å². The van der Waals surface area contributed by atoms with Crippen LogP contribution in [0.5, 0.6) is 5.75 Å². The van der Waals surface area contributed by atoms with Gasteiger partial charge in [0, 0.05) is 11.6 Å². The zero-order valence-corrected chi connectivity index (χ0v) is 14.0. The van der Waals surface area contributed by atoms with Crippen molar-refractivity contribution in [3.63, 3.8) is 0 Å². The molecule has 2 rings (SSSR count). The Bertz CT molecular complexity index is 752. The van der Waals surface area contributed by atoms with E-state index in [-0.39, 0.29) is 11.9 Å². The molecule has 5 heteroatoms. The molecule has 0 unspecified atom stereocenters. The van der Waals surface area contributed by atoms with Gasteiger partial charge in [0.25, 0.3) is 0 Å². The SMILES string of the molecule is COc1ccccc1[C@H](C)N[C@@H](C)C(=O)Nc1ccccc1C#N. The highest BCUT2D eigenvalue weighted by Gasteiger charge is 2.19. The van der Waals surface area contributed by atoms with Crippen LogP contribution in [0, 0.1) is 11.3 Å². The summed E-state index contributed by atoms with van der Waals surface area (Å²) in [5.74, 6) is 0.583. The fourth-order valence-corrected chi connectivity index (χ4v) is 2.50. The van der Waals surface area contributed by atoms with Gasteiger partial charge in [0.2, 0.25) is 5.91 Å². The van der Waals surface area contributed by atoms with Gasteiger partial charge < -0.3 is 10.1 Å². The molecule has 124 valence electrons. The van der Waals surface area contributed by atoms with Gasteiger partial charge in [-0.25, -0.2) is 0 Å². The Hall–Kier alpha value is -2.84. The summed E-state index contributed by atoms with van der Waals surface area (Å²) in [6, 6.07) is 16.2. The van der Waals surface area contributed by atoms with Crippen molar-refractivity contribution in [2.24, 2.45) is 0 Å². The van der Waals surface area contributed by atoms with E-state index in [4.69, 9.17) is 10.00 Å². The smallest absolute Gasteiger partial charge is 0.241 e. The summed E-state index contributed by atoms with van der Waals surface area (Å²) in [4.78, 5) is 12.4. The number of hydrogen-bond donors (Lipinski definition) is 2. The van der Waals surface area contributed by atoms with Gasteiger partial charge in [0.05, 0.1) is 24.4 Å². The van der Waals surface area contributed by atoms with Crippen molar-refractivity contribution in [1.29, 1.82) is 5.26 Å². The first kappa shape index (κ1) is 17.5. The van der Waals surface area contributed by atoms with E-state index in [2.05, 4.69) is 16.7 Å². The monoisotopic (exact) mass is 323 g/mol. The first-order valence-electron chi connectivity index (χ1n) is 7.75. The zero-order chi connectivity index (χ0) is 17.5. The lowest BCUT2D eigenvalue weighted by molar-refractivity contribution is -0.117. The van der Waals surface area contributed by atoms with Crippen molar-refractivity contribution in [2.75, 3.05) is 12.4 Å². The number of para-hydroxylation sites is 2. The second kappa shape index (κ2) is 8.14. The molecule has 0 aliphatic carbocycles. The summed E-state index contributed by atoms with van der Waals surface area (Å²) in [6.45, 7) is 3.76. The van der Waals surface area contributed by atoms with E-state index in [1.165, 1.54) is 0 Å². The summed E-state index contributed by atoms with van der Waals surface area (Å²) in [5, 5.41) is 15.1. The predicted octanol–water partition coefficient (Wildman–Crippen LogP) is 3.24. The number of hydrogen-bond acceptors (Lipinski definition) is 4. The number of carbonyl (C=O) groups is 1. The van der Waals surface area contributed by atoms with Crippen LogP contribution in [0.1, 0.15) is 31.0 Å². The highest BCUT2D eigenvalue weighted by molar-refractivity contribution is 5.95. The molecule has 0 saturated heterocycles. The summed E-state index contributed by atoms with van der Waals surface area (Å²) in [5.41, 5.74) is 1.94. The fraction of sp³-hybridized carbons (Fsp3) is 0.263. The number of rotatable bonds is 6. The predicted molar refractivity (Wildman–Crippen MR) is 93.8 cm³/mol. The molecule has 1 amide bonds. The van der Waals surface area contributed by atoms with Crippen LogP contribution >= 0.6 is 0 Å². The van der Waals surface area contributed by atoms with Gasteiger partial charge >= 0.3 is 0 Å². The van der Waals surface area contributed by atoms with Crippen molar-refractivity contribution in [2.45, 2.75) is 25.9 Å². The molecular weight excluding hydrogens is 302 g/mol. The number of benzene rings is 2. The highest BCUT2D eigenvalue weighted by Crippen LogP contribution is 2.24. The topological polar surface area (TPSA) is 74.2 Å². The molecule has 0 heterocycles. The number of carbonyl (C=O) groups excluding carboxylic acids is 1. The van der Waals surface area contributed by atoms with E-state index in [0.29, 0.717) is 11.3 Å². The Balaban J connectivity index is 2.05. The summed E-state index contributed by atoms with van der Waals surface area (Å²) in [6.07, 6.45) is 0. The van der Waals surface area contributed by atoms with Gasteiger partial charge in [-0.2, -0.15) is 5.26 Å². The van der Waals surface area contributed by atoms with E-state index in [1.54, 1.807) is 38.3 Å². The number of amides is 1. The lowest BCUT2D eigenvalue weighted by atomic mass is 10.1. The summed E-state index contributed by atoms with van der Waals surface area (Å²) >= 11 is 0. The van der Waals surface area contributed by atoms with Crippen LogP contribution in [0.15, 0.2) is 48.5 Å². The molecule has 0 spiro atoms. The van der Waals surface area contributed by atoms with Crippen LogP contribution in [0.25, 0.3) is 0 Å². The first-order chi connectivity index (χ1) is 11.6. The third kappa shape index (κ3) is 4.12. The standard InChI is InChI=1S/C19H21N3O2/c1-13(16-9-5-7-11-18(16)24-3)21-14(2)19(23)22-17-10-6-4-8-15(17)12-20/h4-11,13-14,21H,1-3H3,(H,22,23)/t13-,14-/m0/s1. The molecule has 0 aliphatic rings. The van der Waals surface area contributed by atoms with Gasteiger partial charge in [-0.05, 0) is 32.0 Å². The minimum atomic E-state index is -0.434. The zero-order valence-electron chi connectivity index (χ0n) is 14.0. The van der Waals surface area contributed by atoms with E-state index >= 15 is 0 Å². The number of methoxy groups -OCH3 is 1. The van der Waals surface area contributed by atoms with Crippen molar-refractivity contribution in [1.82, 2.24) is 5.32 Å². The minimum absolute atomic E-state index is 0.0619. The second-order valence-electron chi connectivity index (χ2n) is 5.50. The lowest BCUT2D eigenvalue weighted by Crippen LogP contribution is -2.39. The molecule has 0 radical (unpaired) electrons. The van der Waals surface area contributed by atoms with Crippen molar-refractivity contribution in [3.05, 3.63) is 59.7 Å². The molecule has 2 N–H and O–H groups in total. The molecule has 0 aliphatic heterocycles. The Labute approximate surface area is 142 Å². The van der Waals surface area contributed by atoms with Crippen LogP contribution in [-0.4, -0.2) is 19.1 Å². The van der Waals surface area contributed by atoms with Gasteiger partial charge in [-0.3, -0.25) is 10.1 Å². The summed E-state index contributed by atoms with van der Waals surface area (Å²) in [7, 11) is 1.63. The van der Waals surface area contributed by atoms with Gasteiger partial charge in [0.15, 0.2) is 0 Å². The molecule has 0 aromatic heterocycles. The largest absolute Gasteiger partial charge is 0.496 e. The third-order valence-electron chi connectivity index (χ3n) is 3.80. The van der Waals surface area contributed by atoms with Crippen LogP contribution in [0.3, 0.4) is 0 Å². The Kier molecular flexibility index (Phi) is 5.94. The molecule has 2 atom stereocenters. The molecular formula is C19H21N3O2. The Morgan fingerprint density at radius 1 is 1.12 bits per heavy atom. The number of ether oxygens (including phenoxy) is 1. The van der Waals surface area contributed by atoms with E-state index < -0.39 is 6.04 Å². The summed E-state index contributed by atoms with van der Waals surface area (Å²) < 4.78 is 5.36. The van der Waals surface area contributed by atoms with Crippen LogP contribution in [0.2, 0.25) is 0 Å². The Morgan fingerprint density at radius 3 is 2.50 bits per heavy atom. The second-order valence-corrected chi connectivity index (χ2v) is 5.50. The maximum atomic E-state index is 12.4. The molecule has 5 nitrogen and oxygen atoms in total. The molecule has 2 aromatic carbocycles. The molecule has 2 aromatic rings. The molecule has 24 heavy (non-hydrogen) atoms. The van der Waals surface area contributed by atoms with E-state index in [1.807, 2.05) is 31.2 Å². The quantitative estimate of drug-likeness (QED) is 0.856. The molecule has 0 bridgehead atoms. The average molecular weight is 323 g/mol. The number of nitriles is 1. The van der Waals surface area contributed by atoms with Crippen molar-refractivity contribution in [3.8, 4) is 11.8 Å². The lowest BCUT2D eigenvalue weighted by Gasteiger charge is -2.21. The average Bonchev–Trinajstić information content (AvgIpc) is 2.61.